The third kappa shape index (κ3) is 2.60. The molecule has 0 N–H and O–H groups in total. The molecule has 2 heterocycles. The summed E-state index contributed by atoms with van der Waals surface area (Å²) < 4.78 is 15.0. The number of carbonyl (C=O) groups excluding carboxylic acids is 1. The number of carbonyl (C=O) groups is 1. The van der Waals surface area contributed by atoms with E-state index in [1.165, 1.54) is 30.3 Å². The quantitative estimate of drug-likeness (QED) is 0.715. The van der Waals surface area contributed by atoms with E-state index in [1.807, 2.05) is 31.2 Å². The van der Waals surface area contributed by atoms with Crippen LogP contribution >= 0.6 is 0 Å². The van der Waals surface area contributed by atoms with Gasteiger partial charge in [-0.1, -0.05) is 30.3 Å². The zero-order valence-electron chi connectivity index (χ0n) is 14.1. The van der Waals surface area contributed by atoms with Crippen molar-refractivity contribution in [3.63, 3.8) is 0 Å². The van der Waals surface area contributed by atoms with Crippen LogP contribution in [0.15, 0.2) is 65.5 Å². The number of hydrogen-bond donors (Lipinski definition) is 0. The van der Waals surface area contributed by atoms with Gasteiger partial charge in [0.05, 0.1) is 0 Å². The van der Waals surface area contributed by atoms with Gasteiger partial charge in [-0.3, -0.25) is 9.59 Å². The molecular weight excluding hydrogens is 333 g/mol. The number of hydrogen-bond acceptors (Lipinski definition) is 3. The summed E-state index contributed by atoms with van der Waals surface area (Å²) >= 11 is 0. The molecule has 0 radical (unpaired) electrons. The lowest BCUT2D eigenvalue weighted by molar-refractivity contribution is 0.0975. The molecule has 1 aliphatic heterocycles. The summed E-state index contributed by atoms with van der Waals surface area (Å²) in [6.45, 7) is 1.96. The monoisotopic (exact) mass is 349 g/mol. The van der Waals surface area contributed by atoms with Crippen LogP contribution in [-0.2, 0) is 6.42 Å². The number of rotatable bonds is 2. The summed E-state index contributed by atoms with van der Waals surface area (Å²) in [4.78, 5) is 26.9. The molecule has 26 heavy (non-hydrogen) atoms. The van der Waals surface area contributed by atoms with E-state index in [2.05, 4.69) is 5.10 Å². The molecule has 0 aliphatic carbocycles. The minimum absolute atomic E-state index is 0.0158. The molecule has 1 atom stereocenters. The number of nitrogens with zero attached hydrogens (tertiary/aromatic N) is 3. The maximum Gasteiger partial charge on any atom is 0.278 e. The number of benzene rings is 2. The van der Waals surface area contributed by atoms with Gasteiger partial charge in [0.1, 0.15) is 17.2 Å². The topological polar surface area (TPSA) is 55.2 Å². The van der Waals surface area contributed by atoms with E-state index in [1.54, 1.807) is 11.0 Å². The molecule has 0 bridgehead atoms. The minimum Gasteiger partial charge on any atom is -0.304 e. The third-order valence-electron chi connectivity index (χ3n) is 4.53. The molecule has 0 unspecified atom stereocenters. The largest absolute Gasteiger partial charge is 0.304 e. The Morgan fingerprint density at radius 3 is 2.50 bits per heavy atom. The number of fused-ring (bicyclic) bond motifs is 1. The fraction of sp³-hybridized carbons (Fsp3) is 0.150. The van der Waals surface area contributed by atoms with Crippen LogP contribution in [0.25, 0.3) is 5.69 Å². The second-order valence-electron chi connectivity index (χ2n) is 6.28. The highest BCUT2D eigenvalue weighted by Gasteiger charge is 2.32. The zero-order valence-corrected chi connectivity index (χ0v) is 14.1. The van der Waals surface area contributed by atoms with E-state index in [4.69, 9.17) is 0 Å². The smallest absolute Gasteiger partial charge is 0.278 e. The molecule has 6 heteroatoms. The van der Waals surface area contributed by atoms with Crippen molar-refractivity contribution in [3.05, 3.63) is 88.1 Å². The molecule has 130 valence electrons. The van der Waals surface area contributed by atoms with Crippen molar-refractivity contribution in [2.24, 2.45) is 0 Å². The van der Waals surface area contributed by atoms with Gasteiger partial charge in [-0.05, 0) is 43.2 Å². The van der Waals surface area contributed by atoms with Gasteiger partial charge < -0.3 is 4.90 Å². The van der Waals surface area contributed by atoms with Crippen LogP contribution in [0.3, 0.4) is 0 Å². The maximum absolute atomic E-state index is 14.1. The number of anilines is 1. The van der Waals surface area contributed by atoms with Crippen LogP contribution in [0.1, 0.15) is 23.0 Å². The summed E-state index contributed by atoms with van der Waals surface area (Å²) in [6.07, 6.45) is 0.759. The molecular formula is C20H16FN3O2. The van der Waals surface area contributed by atoms with E-state index in [9.17, 15) is 14.0 Å². The Kier molecular flexibility index (Phi) is 3.88. The molecule has 0 spiro atoms. The summed E-state index contributed by atoms with van der Waals surface area (Å²) in [5.41, 5.74) is 1.55. The SMILES string of the molecule is C[C@@H]1Cc2ccccc2N1C(=O)c1ccc(=O)n(-c2ccccc2F)n1. The normalized spacial score (nSPS) is 15.8. The Hall–Kier alpha value is -3.28. The zero-order chi connectivity index (χ0) is 18.3. The predicted molar refractivity (Wildman–Crippen MR) is 96.2 cm³/mol. The Balaban J connectivity index is 1.78. The number of halogens is 1. The molecule has 0 saturated heterocycles. The summed E-state index contributed by atoms with van der Waals surface area (Å²) in [5, 5.41) is 4.13. The van der Waals surface area contributed by atoms with Crippen LogP contribution in [0, 0.1) is 5.82 Å². The first kappa shape index (κ1) is 16.2. The highest BCUT2D eigenvalue weighted by molar-refractivity contribution is 6.06. The summed E-state index contributed by atoms with van der Waals surface area (Å²) in [7, 11) is 0. The van der Waals surface area contributed by atoms with E-state index >= 15 is 0 Å². The first-order valence-corrected chi connectivity index (χ1v) is 8.33. The van der Waals surface area contributed by atoms with Gasteiger partial charge in [-0.15, -0.1) is 0 Å². The van der Waals surface area contributed by atoms with Crippen molar-refractivity contribution in [2.75, 3.05) is 4.90 Å². The van der Waals surface area contributed by atoms with Crippen molar-refractivity contribution in [1.29, 1.82) is 0 Å². The molecule has 1 amide bonds. The molecule has 0 fully saturated rings. The van der Waals surface area contributed by atoms with Crippen LogP contribution in [0.2, 0.25) is 0 Å². The van der Waals surface area contributed by atoms with Crippen molar-refractivity contribution >= 4 is 11.6 Å². The Morgan fingerprint density at radius 2 is 1.73 bits per heavy atom. The Morgan fingerprint density at radius 1 is 1.04 bits per heavy atom. The van der Waals surface area contributed by atoms with Gasteiger partial charge in [-0.25, -0.2) is 4.39 Å². The van der Waals surface area contributed by atoms with Crippen LogP contribution in [0.5, 0.6) is 0 Å². The lowest BCUT2D eigenvalue weighted by atomic mass is 10.1. The molecule has 1 aliphatic rings. The van der Waals surface area contributed by atoms with Gasteiger partial charge in [0.15, 0.2) is 0 Å². The second-order valence-corrected chi connectivity index (χ2v) is 6.28. The minimum atomic E-state index is -0.577. The van der Waals surface area contributed by atoms with Crippen molar-refractivity contribution in [3.8, 4) is 5.69 Å². The van der Waals surface area contributed by atoms with E-state index < -0.39 is 11.4 Å². The number of aromatic nitrogens is 2. The highest BCUT2D eigenvalue weighted by Crippen LogP contribution is 2.32. The van der Waals surface area contributed by atoms with E-state index in [0.29, 0.717) is 0 Å². The predicted octanol–water partition coefficient (Wildman–Crippen LogP) is 2.96. The standard InChI is InChI=1S/C20H16FN3O2/c1-13-12-14-6-2-4-8-17(14)23(13)20(26)16-10-11-19(25)24(22-16)18-9-5-3-7-15(18)21/h2-11,13H,12H2,1H3/t13-/m1/s1. The van der Waals surface area contributed by atoms with E-state index in [-0.39, 0.29) is 23.3 Å². The number of para-hydroxylation sites is 2. The first-order chi connectivity index (χ1) is 12.6. The fourth-order valence-electron chi connectivity index (χ4n) is 3.32. The Labute approximate surface area is 149 Å². The average molecular weight is 349 g/mol. The van der Waals surface area contributed by atoms with Gasteiger partial charge in [0, 0.05) is 17.8 Å². The third-order valence-corrected chi connectivity index (χ3v) is 4.53. The van der Waals surface area contributed by atoms with Gasteiger partial charge >= 0.3 is 0 Å². The maximum atomic E-state index is 14.1. The van der Waals surface area contributed by atoms with Gasteiger partial charge in [0.25, 0.3) is 11.5 Å². The fourth-order valence-corrected chi connectivity index (χ4v) is 3.32. The molecule has 1 aromatic heterocycles. The van der Waals surface area contributed by atoms with E-state index in [0.717, 1.165) is 22.4 Å². The van der Waals surface area contributed by atoms with Crippen LogP contribution in [-0.4, -0.2) is 21.7 Å². The van der Waals surface area contributed by atoms with Crippen molar-refractivity contribution in [2.45, 2.75) is 19.4 Å². The lowest BCUT2D eigenvalue weighted by Crippen LogP contribution is -2.37. The molecule has 3 aromatic rings. The second kappa shape index (κ2) is 6.22. The Bertz CT molecular complexity index is 1060. The van der Waals surface area contributed by atoms with Gasteiger partial charge in [0.2, 0.25) is 0 Å². The van der Waals surface area contributed by atoms with Crippen LogP contribution in [0.4, 0.5) is 10.1 Å². The molecule has 2 aromatic carbocycles. The van der Waals surface area contributed by atoms with Crippen molar-refractivity contribution in [1.82, 2.24) is 9.78 Å². The molecule has 0 saturated carbocycles. The van der Waals surface area contributed by atoms with Crippen molar-refractivity contribution < 1.29 is 9.18 Å². The summed E-state index contributed by atoms with van der Waals surface area (Å²) in [6, 6.07) is 16.1. The lowest BCUT2D eigenvalue weighted by Gasteiger charge is -2.22. The van der Waals surface area contributed by atoms with Gasteiger partial charge in [-0.2, -0.15) is 9.78 Å². The van der Waals surface area contributed by atoms with Crippen LogP contribution < -0.4 is 10.5 Å². The molecule has 4 rings (SSSR count). The first-order valence-electron chi connectivity index (χ1n) is 8.33. The summed E-state index contributed by atoms with van der Waals surface area (Å²) in [5.74, 6) is -0.890. The molecule has 5 nitrogen and oxygen atoms in total. The average Bonchev–Trinajstić information content (AvgIpc) is 2.98. The number of amides is 1. The highest BCUT2D eigenvalue weighted by atomic mass is 19.1.